The largest absolute Gasteiger partial charge is 0.469 e. The number of piperidine rings is 1. The highest BCUT2D eigenvalue weighted by Crippen LogP contribution is 2.19. The second kappa shape index (κ2) is 8.51. The predicted molar refractivity (Wildman–Crippen MR) is 86.6 cm³/mol. The molecule has 0 unspecified atom stereocenters. The summed E-state index contributed by atoms with van der Waals surface area (Å²) < 4.78 is 4.69. The molecule has 0 aromatic carbocycles. The van der Waals surface area contributed by atoms with Crippen molar-refractivity contribution in [2.45, 2.75) is 32.7 Å². The summed E-state index contributed by atoms with van der Waals surface area (Å²) in [6.45, 7) is 7.90. The molecule has 0 spiro atoms. The minimum atomic E-state index is -0.168. The molecule has 2 rings (SSSR count). The molecule has 0 radical (unpaired) electrons. The molecule has 1 aromatic heterocycles. The summed E-state index contributed by atoms with van der Waals surface area (Å²) in [5, 5.41) is 3.56. The van der Waals surface area contributed by atoms with E-state index in [1.807, 2.05) is 6.07 Å². The molecule has 0 amide bonds. The molecule has 0 atom stereocenters. The summed E-state index contributed by atoms with van der Waals surface area (Å²) in [5.74, 6) is 0.640. The van der Waals surface area contributed by atoms with E-state index < -0.39 is 0 Å². The van der Waals surface area contributed by atoms with Crippen LogP contribution in [0.4, 0.5) is 0 Å². The van der Waals surface area contributed by atoms with Crippen molar-refractivity contribution in [3.63, 3.8) is 0 Å². The zero-order valence-electron chi connectivity index (χ0n) is 13.1. The maximum Gasteiger partial charge on any atom is 0.310 e. The lowest BCUT2D eigenvalue weighted by atomic mass is 9.97. The highest BCUT2D eigenvalue weighted by molar-refractivity contribution is 7.12. The van der Waals surface area contributed by atoms with Gasteiger partial charge in [0, 0.05) is 16.3 Å². The average molecular weight is 310 g/mol. The van der Waals surface area contributed by atoms with Gasteiger partial charge in [0.25, 0.3) is 0 Å². The van der Waals surface area contributed by atoms with E-state index in [1.165, 1.54) is 44.5 Å². The van der Waals surface area contributed by atoms with Gasteiger partial charge >= 0.3 is 5.97 Å². The molecular formula is C16H26N2O2S. The number of hydrogen-bond donors (Lipinski definition) is 1. The number of hydrogen-bond acceptors (Lipinski definition) is 5. The number of methoxy groups -OCH3 is 1. The summed E-state index contributed by atoms with van der Waals surface area (Å²) in [6.07, 6.45) is 2.99. The van der Waals surface area contributed by atoms with Crippen LogP contribution in [0.2, 0.25) is 0 Å². The van der Waals surface area contributed by atoms with Gasteiger partial charge in [-0.05, 0) is 57.1 Å². The van der Waals surface area contributed by atoms with Crippen LogP contribution >= 0.6 is 11.3 Å². The van der Waals surface area contributed by atoms with Crippen molar-refractivity contribution < 1.29 is 9.53 Å². The maximum atomic E-state index is 11.2. The molecule has 1 fully saturated rings. The molecule has 2 heterocycles. The minimum absolute atomic E-state index is 0.168. The number of likely N-dealkylation sites (tertiary alicyclic amines) is 1. The van der Waals surface area contributed by atoms with E-state index in [9.17, 15) is 4.79 Å². The molecule has 0 bridgehead atoms. The third-order valence-corrected chi connectivity index (χ3v) is 5.24. The Morgan fingerprint density at radius 2 is 2.10 bits per heavy atom. The van der Waals surface area contributed by atoms with Gasteiger partial charge in [-0.2, -0.15) is 0 Å². The predicted octanol–water partition coefficient (Wildman–Crippen LogP) is 2.29. The summed E-state index contributed by atoms with van der Waals surface area (Å²) in [6, 6.07) is 4.13. The fraction of sp³-hybridized carbons (Fsp3) is 0.688. The van der Waals surface area contributed by atoms with Crippen LogP contribution in [0.15, 0.2) is 12.1 Å². The summed E-state index contributed by atoms with van der Waals surface area (Å²) >= 11 is 1.70. The van der Waals surface area contributed by atoms with Crippen molar-refractivity contribution in [1.82, 2.24) is 10.2 Å². The topological polar surface area (TPSA) is 41.6 Å². The first kappa shape index (κ1) is 16.5. The molecule has 0 saturated carbocycles. The van der Waals surface area contributed by atoms with E-state index in [2.05, 4.69) is 27.9 Å². The highest BCUT2D eigenvalue weighted by Gasteiger charge is 2.17. The Labute approximate surface area is 131 Å². The molecule has 1 aliphatic rings. The Morgan fingerprint density at radius 1 is 1.38 bits per heavy atom. The highest BCUT2D eigenvalue weighted by atomic mass is 32.1. The van der Waals surface area contributed by atoms with Crippen molar-refractivity contribution >= 4 is 17.3 Å². The first-order valence-corrected chi connectivity index (χ1v) is 8.60. The minimum Gasteiger partial charge on any atom is -0.469 e. The first-order valence-electron chi connectivity index (χ1n) is 7.78. The van der Waals surface area contributed by atoms with Crippen molar-refractivity contribution in [2.75, 3.05) is 33.3 Å². The van der Waals surface area contributed by atoms with E-state index in [0.29, 0.717) is 6.42 Å². The number of esters is 1. The van der Waals surface area contributed by atoms with Gasteiger partial charge in [-0.25, -0.2) is 0 Å². The lowest BCUT2D eigenvalue weighted by Gasteiger charge is -2.31. The molecule has 4 nitrogen and oxygen atoms in total. The molecule has 1 aliphatic heterocycles. The molecule has 1 N–H and O–H groups in total. The first-order chi connectivity index (χ1) is 10.2. The number of rotatable bonds is 7. The van der Waals surface area contributed by atoms with E-state index in [0.717, 1.165) is 23.9 Å². The van der Waals surface area contributed by atoms with Gasteiger partial charge in [-0.3, -0.25) is 4.79 Å². The molecular weight excluding hydrogens is 284 g/mol. The molecule has 5 heteroatoms. The number of thiophene rings is 1. The summed E-state index contributed by atoms with van der Waals surface area (Å²) in [7, 11) is 1.43. The van der Waals surface area contributed by atoms with Crippen molar-refractivity contribution in [1.29, 1.82) is 0 Å². The fourth-order valence-electron chi connectivity index (χ4n) is 2.73. The van der Waals surface area contributed by atoms with Crippen LogP contribution in [-0.2, 0) is 22.5 Å². The number of carbonyl (C=O) groups excluding carboxylic acids is 1. The van der Waals surface area contributed by atoms with Crippen LogP contribution in [0.1, 0.15) is 29.5 Å². The fourth-order valence-corrected chi connectivity index (χ4v) is 3.71. The van der Waals surface area contributed by atoms with Crippen LogP contribution in [0, 0.1) is 5.92 Å². The normalized spacial score (nSPS) is 17.0. The third kappa shape index (κ3) is 5.41. The zero-order chi connectivity index (χ0) is 15.1. The van der Waals surface area contributed by atoms with Gasteiger partial charge in [0.1, 0.15) is 0 Å². The Bertz CT molecular complexity index is 439. The van der Waals surface area contributed by atoms with E-state index in [4.69, 9.17) is 0 Å². The van der Waals surface area contributed by atoms with Gasteiger partial charge in [0.2, 0.25) is 0 Å². The second-order valence-corrected chi connectivity index (χ2v) is 6.88. The lowest BCUT2D eigenvalue weighted by Crippen LogP contribution is -2.36. The van der Waals surface area contributed by atoms with Gasteiger partial charge in [-0.1, -0.05) is 6.92 Å². The molecule has 1 saturated heterocycles. The van der Waals surface area contributed by atoms with Crippen LogP contribution in [-0.4, -0.2) is 44.2 Å². The standard InChI is InChI=1S/C16H26N2O2S/c1-3-18-8-6-13(7-9-18)11-17-12-15-5-4-14(21-15)10-16(19)20-2/h4-5,13,17H,3,6-12H2,1-2H3. The lowest BCUT2D eigenvalue weighted by molar-refractivity contribution is -0.139. The van der Waals surface area contributed by atoms with Gasteiger partial charge in [-0.15, -0.1) is 11.3 Å². The van der Waals surface area contributed by atoms with Crippen molar-refractivity contribution in [3.05, 3.63) is 21.9 Å². The van der Waals surface area contributed by atoms with Gasteiger partial charge in [0.15, 0.2) is 0 Å². The average Bonchev–Trinajstić information content (AvgIpc) is 2.95. The molecule has 118 valence electrons. The smallest absolute Gasteiger partial charge is 0.310 e. The van der Waals surface area contributed by atoms with Crippen LogP contribution in [0.25, 0.3) is 0 Å². The van der Waals surface area contributed by atoms with Crippen molar-refractivity contribution in [3.8, 4) is 0 Å². The number of carbonyl (C=O) groups is 1. The van der Waals surface area contributed by atoms with Gasteiger partial charge < -0.3 is 15.0 Å². The quantitative estimate of drug-likeness (QED) is 0.785. The number of ether oxygens (including phenoxy) is 1. The Morgan fingerprint density at radius 3 is 2.76 bits per heavy atom. The van der Waals surface area contributed by atoms with Gasteiger partial charge in [0.05, 0.1) is 13.5 Å². The summed E-state index contributed by atoms with van der Waals surface area (Å²) in [5.41, 5.74) is 0. The molecule has 1 aromatic rings. The Hall–Kier alpha value is -0.910. The number of nitrogens with one attached hydrogen (secondary N) is 1. The zero-order valence-corrected chi connectivity index (χ0v) is 13.9. The van der Waals surface area contributed by atoms with E-state index in [-0.39, 0.29) is 5.97 Å². The molecule has 21 heavy (non-hydrogen) atoms. The van der Waals surface area contributed by atoms with Crippen LogP contribution in [0.5, 0.6) is 0 Å². The third-order valence-electron chi connectivity index (χ3n) is 4.15. The maximum absolute atomic E-state index is 11.2. The second-order valence-electron chi connectivity index (χ2n) is 5.63. The monoisotopic (exact) mass is 310 g/mol. The Kier molecular flexibility index (Phi) is 6.67. The SMILES string of the molecule is CCN1CCC(CNCc2ccc(CC(=O)OC)s2)CC1. The van der Waals surface area contributed by atoms with E-state index >= 15 is 0 Å². The van der Waals surface area contributed by atoms with Crippen LogP contribution < -0.4 is 5.32 Å². The Balaban J connectivity index is 1.66. The van der Waals surface area contributed by atoms with E-state index in [1.54, 1.807) is 11.3 Å². The van der Waals surface area contributed by atoms with Crippen molar-refractivity contribution in [2.24, 2.45) is 5.92 Å². The molecule has 0 aliphatic carbocycles. The van der Waals surface area contributed by atoms with Crippen LogP contribution in [0.3, 0.4) is 0 Å². The summed E-state index contributed by atoms with van der Waals surface area (Å²) in [4.78, 5) is 16.1. The number of nitrogens with zero attached hydrogens (tertiary/aromatic N) is 1.